The van der Waals surface area contributed by atoms with Crippen LogP contribution in [0, 0.1) is 5.92 Å². The van der Waals surface area contributed by atoms with E-state index >= 15 is 0 Å². The van der Waals surface area contributed by atoms with Crippen LogP contribution in [-0.4, -0.2) is 25.0 Å². The van der Waals surface area contributed by atoms with E-state index < -0.39 is 0 Å². The Morgan fingerprint density at radius 2 is 2.21 bits per heavy atom. The molecule has 2 atom stereocenters. The first-order valence-electron chi connectivity index (χ1n) is 7.30. The average molecular weight is 260 g/mol. The van der Waals surface area contributed by atoms with Gasteiger partial charge in [0.2, 0.25) is 5.91 Å². The van der Waals surface area contributed by atoms with Crippen LogP contribution in [0.2, 0.25) is 0 Å². The number of piperidine rings is 1. The molecule has 3 nitrogen and oxygen atoms in total. The molecule has 2 rings (SSSR count). The maximum atomic E-state index is 12.1. The number of carbonyl (C=O) groups is 1. The lowest BCUT2D eigenvalue weighted by Gasteiger charge is -2.24. The summed E-state index contributed by atoms with van der Waals surface area (Å²) < 4.78 is 0. The molecular formula is C16H24N2O. The van der Waals surface area contributed by atoms with Crippen LogP contribution in [0.15, 0.2) is 30.3 Å². The molecule has 1 amide bonds. The number of hydrogen-bond acceptors (Lipinski definition) is 2. The number of hydrogen-bond donors (Lipinski definition) is 2. The number of benzene rings is 1. The second kappa shape index (κ2) is 7.29. The van der Waals surface area contributed by atoms with Crippen LogP contribution in [0.4, 0.5) is 0 Å². The molecule has 3 heteroatoms. The van der Waals surface area contributed by atoms with Gasteiger partial charge in [-0.3, -0.25) is 4.79 Å². The van der Waals surface area contributed by atoms with Crippen molar-refractivity contribution < 1.29 is 4.79 Å². The minimum Gasteiger partial charge on any atom is -0.353 e. The van der Waals surface area contributed by atoms with E-state index in [2.05, 4.69) is 41.8 Å². The Balaban J connectivity index is 1.71. The Morgan fingerprint density at radius 3 is 2.89 bits per heavy atom. The summed E-state index contributed by atoms with van der Waals surface area (Å²) >= 11 is 0. The summed E-state index contributed by atoms with van der Waals surface area (Å²) in [5.74, 6) is 0.376. The van der Waals surface area contributed by atoms with Gasteiger partial charge < -0.3 is 10.6 Å². The smallest absolute Gasteiger partial charge is 0.224 e. The van der Waals surface area contributed by atoms with Gasteiger partial charge in [-0.05, 0) is 44.7 Å². The van der Waals surface area contributed by atoms with Crippen LogP contribution < -0.4 is 10.6 Å². The summed E-state index contributed by atoms with van der Waals surface area (Å²) in [4.78, 5) is 12.1. The molecule has 0 saturated carbocycles. The standard InChI is InChI=1S/C16H24N2O/c1-13(9-10-14-6-3-2-4-7-14)18-16(19)15-8-5-11-17-12-15/h2-4,6-7,13,15,17H,5,8-12H2,1H3,(H,18,19). The van der Waals surface area contributed by atoms with Crippen LogP contribution in [0.25, 0.3) is 0 Å². The largest absolute Gasteiger partial charge is 0.353 e. The highest BCUT2D eigenvalue weighted by Gasteiger charge is 2.21. The number of carbonyl (C=O) groups excluding carboxylic acids is 1. The van der Waals surface area contributed by atoms with E-state index in [9.17, 15) is 4.79 Å². The molecule has 1 aromatic carbocycles. The fourth-order valence-electron chi connectivity index (χ4n) is 2.54. The minimum absolute atomic E-state index is 0.160. The molecule has 0 aliphatic carbocycles. The zero-order valence-corrected chi connectivity index (χ0v) is 11.7. The first-order valence-corrected chi connectivity index (χ1v) is 7.30. The number of amides is 1. The third kappa shape index (κ3) is 4.67. The molecule has 1 fully saturated rings. The number of nitrogens with one attached hydrogen (secondary N) is 2. The van der Waals surface area contributed by atoms with E-state index in [1.165, 1.54) is 5.56 Å². The van der Waals surface area contributed by atoms with Crippen molar-refractivity contribution in [2.75, 3.05) is 13.1 Å². The molecule has 2 unspecified atom stereocenters. The maximum Gasteiger partial charge on any atom is 0.224 e. The summed E-state index contributed by atoms with van der Waals surface area (Å²) in [6.45, 7) is 3.97. The molecule has 0 spiro atoms. The molecule has 1 aromatic rings. The predicted octanol–water partition coefficient (Wildman–Crippen LogP) is 2.12. The zero-order chi connectivity index (χ0) is 13.5. The van der Waals surface area contributed by atoms with E-state index in [1.807, 2.05) is 6.07 Å². The zero-order valence-electron chi connectivity index (χ0n) is 11.7. The van der Waals surface area contributed by atoms with Crippen molar-refractivity contribution in [3.05, 3.63) is 35.9 Å². The first-order chi connectivity index (χ1) is 9.25. The molecule has 2 N–H and O–H groups in total. The SMILES string of the molecule is CC(CCc1ccccc1)NC(=O)C1CCCNC1. The summed E-state index contributed by atoms with van der Waals surface area (Å²) in [6, 6.07) is 10.7. The van der Waals surface area contributed by atoms with Gasteiger partial charge in [0.05, 0.1) is 5.92 Å². The monoisotopic (exact) mass is 260 g/mol. The van der Waals surface area contributed by atoms with Crippen molar-refractivity contribution in [1.29, 1.82) is 0 Å². The number of rotatable bonds is 5. The fraction of sp³-hybridized carbons (Fsp3) is 0.562. The van der Waals surface area contributed by atoms with Gasteiger partial charge in [-0.2, -0.15) is 0 Å². The van der Waals surface area contributed by atoms with Gasteiger partial charge in [0.1, 0.15) is 0 Å². The normalized spacial score (nSPS) is 20.8. The van der Waals surface area contributed by atoms with Gasteiger partial charge in [-0.1, -0.05) is 30.3 Å². The molecule has 19 heavy (non-hydrogen) atoms. The molecule has 0 aromatic heterocycles. The lowest BCUT2D eigenvalue weighted by molar-refractivity contribution is -0.126. The summed E-state index contributed by atoms with van der Waals surface area (Å²) in [5.41, 5.74) is 1.34. The van der Waals surface area contributed by atoms with Crippen LogP contribution in [0.5, 0.6) is 0 Å². The van der Waals surface area contributed by atoms with Crippen molar-refractivity contribution in [2.24, 2.45) is 5.92 Å². The van der Waals surface area contributed by atoms with Gasteiger partial charge in [0.25, 0.3) is 0 Å². The molecule has 0 bridgehead atoms. The highest BCUT2D eigenvalue weighted by molar-refractivity contribution is 5.79. The topological polar surface area (TPSA) is 41.1 Å². The molecule has 1 saturated heterocycles. The second-order valence-corrected chi connectivity index (χ2v) is 5.48. The van der Waals surface area contributed by atoms with Gasteiger partial charge in [0, 0.05) is 12.6 Å². The van der Waals surface area contributed by atoms with Crippen molar-refractivity contribution in [3.63, 3.8) is 0 Å². The molecule has 1 aliphatic heterocycles. The molecule has 1 heterocycles. The lowest BCUT2D eigenvalue weighted by atomic mass is 9.98. The maximum absolute atomic E-state index is 12.1. The summed E-state index contributed by atoms with van der Waals surface area (Å²) in [6.07, 6.45) is 4.14. The van der Waals surface area contributed by atoms with Crippen molar-refractivity contribution in [3.8, 4) is 0 Å². The van der Waals surface area contributed by atoms with Crippen LogP contribution >= 0.6 is 0 Å². The van der Waals surface area contributed by atoms with Gasteiger partial charge in [0.15, 0.2) is 0 Å². The average Bonchev–Trinajstić information content (AvgIpc) is 2.47. The van der Waals surface area contributed by atoms with Crippen LogP contribution in [0.3, 0.4) is 0 Å². The van der Waals surface area contributed by atoms with Gasteiger partial charge >= 0.3 is 0 Å². The Labute approximate surface area is 115 Å². The van der Waals surface area contributed by atoms with E-state index in [4.69, 9.17) is 0 Å². The highest BCUT2D eigenvalue weighted by atomic mass is 16.1. The predicted molar refractivity (Wildman–Crippen MR) is 78.0 cm³/mol. The third-order valence-corrected chi connectivity index (χ3v) is 3.77. The lowest BCUT2D eigenvalue weighted by Crippen LogP contribution is -2.43. The second-order valence-electron chi connectivity index (χ2n) is 5.48. The quantitative estimate of drug-likeness (QED) is 0.851. The van der Waals surface area contributed by atoms with E-state index in [-0.39, 0.29) is 17.9 Å². The first kappa shape index (κ1) is 14.1. The summed E-state index contributed by atoms with van der Waals surface area (Å²) in [7, 11) is 0. The van der Waals surface area contributed by atoms with E-state index in [1.54, 1.807) is 0 Å². The Bertz CT molecular complexity index is 385. The number of aryl methyl sites for hydroxylation is 1. The van der Waals surface area contributed by atoms with Crippen LogP contribution in [-0.2, 0) is 11.2 Å². The van der Waals surface area contributed by atoms with Gasteiger partial charge in [-0.25, -0.2) is 0 Å². The van der Waals surface area contributed by atoms with E-state index in [0.29, 0.717) is 0 Å². The van der Waals surface area contributed by atoms with Crippen LogP contribution in [0.1, 0.15) is 31.7 Å². The Hall–Kier alpha value is -1.35. The highest BCUT2D eigenvalue weighted by Crippen LogP contribution is 2.11. The Kier molecular flexibility index (Phi) is 5.40. The molecule has 1 aliphatic rings. The van der Waals surface area contributed by atoms with Crippen molar-refractivity contribution in [2.45, 2.75) is 38.6 Å². The molecular weight excluding hydrogens is 236 g/mol. The summed E-state index contributed by atoms with van der Waals surface area (Å²) in [5, 5.41) is 6.43. The fourth-order valence-corrected chi connectivity index (χ4v) is 2.54. The van der Waals surface area contributed by atoms with E-state index in [0.717, 1.165) is 38.8 Å². The van der Waals surface area contributed by atoms with Crippen molar-refractivity contribution in [1.82, 2.24) is 10.6 Å². The van der Waals surface area contributed by atoms with Crippen molar-refractivity contribution >= 4 is 5.91 Å². The minimum atomic E-state index is 0.160. The molecule has 104 valence electrons. The third-order valence-electron chi connectivity index (χ3n) is 3.77. The van der Waals surface area contributed by atoms with Gasteiger partial charge in [-0.15, -0.1) is 0 Å². The molecule has 0 radical (unpaired) electrons. The Morgan fingerprint density at radius 1 is 1.42 bits per heavy atom.